The molecule has 1 aliphatic heterocycles. The van der Waals surface area contributed by atoms with E-state index >= 15 is 0 Å². The number of alkyl halides is 1. The summed E-state index contributed by atoms with van der Waals surface area (Å²) in [4.78, 5) is 55.0. The van der Waals surface area contributed by atoms with E-state index in [1.165, 1.54) is 25.2 Å². The van der Waals surface area contributed by atoms with Crippen LogP contribution in [0, 0.1) is 5.92 Å². The van der Waals surface area contributed by atoms with Gasteiger partial charge in [0, 0.05) is 11.3 Å². The average Bonchev–Trinajstić information content (AvgIpc) is 3.18. The highest BCUT2D eigenvalue weighted by Gasteiger charge is 2.36. The van der Waals surface area contributed by atoms with Gasteiger partial charge in [-0.1, -0.05) is 19.9 Å². The van der Waals surface area contributed by atoms with Crippen LogP contribution >= 0.6 is 22.9 Å². The van der Waals surface area contributed by atoms with Crippen molar-refractivity contribution in [3.05, 3.63) is 28.2 Å². The van der Waals surface area contributed by atoms with E-state index < -0.39 is 35.5 Å². The van der Waals surface area contributed by atoms with Crippen molar-refractivity contribution in [1.29, 1.82) is 0 Å². The number of amides is 3. The molecule has 9 nitrogen and oxygen atoms in total. The van der Waals surface area contributed by atoms with Gasteiger partial charge in [-0.25, -0.2) is 9.78 Å². The number of thiazole rings is 1. The van der Waals surface area contributed by atoms with Gasteiger partial charge in [0.15, 0.2) is 0 Å². The molecule has 0 aliphatic carbocycles. The van der Waals surface area contributed by atoms with Crippen LogP contribution in [0.3, 0.4) is 0 Å². The molecule has 3 amide bonds. The molecule has 2 unspecified atom stereocenters. The largest absolute Gasteiger partial charge is 0.456 e. The molecule has 11 heteroatoms. The highest BCUT2D eigenvalue weighted by Crippen LogP contribution is 2.15. The number of nitrogens with zero attached hydrogens (tertiary/aromatic N) is 1. The molecule has 3 N–H and O–H groups in total. The summed E-state index contributed by atoms with van der Waals surface area (Å²) >= 11 is 6.92. The number of nitrogens with one attached hydrogen (secondary N) is 3. The molecule has 0 saturated carbocycles. The van der Waals surface area contributed by atoms with Crippen molar-refractivity contribution in [2.45, 2.75) is 64.8 Å². The van der Waals surface area contributed by atoms with Crippen molar-refractivity contribution in [3.8, 4) is 0 Å². The van der Waals surface area contributed by atoms with Gasteiger partial charge >= 0.3 is 5.97 Å². The second kappa shape index (κ2) is 11.4. The van der Waals surface area contributed by atoms with E-state index in [0.717, 1.165) is 0 Å². The molecule has 0 fully saturated rings. The van der Waals surface area contributed by atoms with Gasteiger partial charge in [-0.3, -0.25) is 14.4 Å². The molecule has 1 aromatic heterocycles. The Bertz CT molecular complexity index is 883. The van der Waals surface area contributed by atoms with Crippen LogP contribution in [0.2, 0.25) is 0 Å². The third kappa shape index (κ3) is 7.30. The molecule has 2 atom stereocenters. The van der Waals surface area contributed by atoms with Crippen molar-refractivity contribution < 1.29 is 23.9 Å². The van der Waals surface area contributed by atoms with Crippen molar-refractivity contribution in [2.24, 2.45) is 5.92 Å². The first kappa shape index (κ1) is 25.8. The normalized spacial score (nSPS) is 22.9. The molecule has 1 aromatic rings. The summed E-state index contributed by atoms with van der Waals surface area (Å²) in [6.07, 6.45) is 2.99. The molecule has 0 spiro atoms. The Balaban J connectivity index is 2.36. The summed E-state index contributed by atoms with van der Waals surface area (Å²) in [7, 11) is 0. The zero-order valence-corrected chi connectivity index (χ0v) is 20.1. The number of allylic oxidation sites excluding steroid dienone is 1. The number of hydrogen-bond donors (Lipinski definition) is 3. The van der Waals surface area contributed by atoms with E-state index in [-0.39, 0.29) is 30.5 Å². The first-order chi connectivity index (χ1) is 15.0. The Hall–Kier alpha value is -2.46. The fraction of sp³-hybridized carbons (Fsp3) is 0.571. The minimum Gasteiger partial charge on any atom is -0.456 e. The van der Waals surface area contributed by atoms with E-state index in [2.05, 4.69) is 20.9 Å². The summed E-state index contributed by atoms with van der Waals surface area (Å²) in [6, 6.07) is -0.968. The highest BCUT2D eigenvalue weighted by molar-refractivity contribution is 7.09. The third-order valence-electron chi connectivity index (χ3n) is 4.70. The van der Waals surface area contributed by atoms with E-state index in [9.17, 15) is 19.2 Å². The van der Waals surface area contributed by atoms with E-state index in [1.54, 1.807) is 31.4 Å². The van der Waals surface area contributed by atoms with Gasteiger partial charge in [0.25, 0.3) is 5.91 Å². The van der Waals surface area contributed by atoms with Crippen LogP contribution in [0.1, 0.15) is 56.0 Å². The smallest absolute Gasteiger partial charge is 0.329 e. The number of halogens is 1. The van der Waals surface area contributed by atoms with Gasteiger partial charge < -0.3 is 20.7 Å². The molecule has 0 radical (unpaired) electrons. The highest BCUT2D eigenvalue weighted by atomic mass is 35.5. The second-order valence-corrected chi connectivity index (χ2v) is 9.58. The molecule has 2 heterocycles. The maximum atomic E-state index is 12.9. The molecule has 1 aliphatic rings. The van der Waals surface area contributed by atoms with Crippen LogP contribution in [-0.2, 0) is 25.7 Å². The predicted octanol–water partition coefficient (Wildman–Crippen LogP) is 1.91. The SMILES string of the molecule is CC(C)C1NC(=O)C(C)(C)NC(=O)c2csc(n2)CNC(=O)CC(/C=C/CCCl)OC1=O. The fourth-order valence-electron chi connectivity index (χ4n) is 2.83. The van der Waals surface area contributed by atoms with Gasteiger partial charge in [-0.2, -0.15) is 0 Å². The van der Waals surface area contributed by atoms with Crippen molar-refractivity contribution >= 4 is 46.6 Å². The van der Waals surface area contributed by atoms with Crippen molar-refractivity contribution in [1.82, 2.24) is 20.9 Å². The summed E-state index contributed by atoms with van der Waals surface area (Å²) in [5.41, 5.74) is -1.16. The first-order valence-corrected chi connectivity index (χ1v) is 11.7. The molecule has 176 valence electrons. The van der Waals surface area contributed by atoms with Gasteiger partial charge in [-0.15, -0.1) is 22.9 Å². The van der Waals surface area contributed by atoms with Crippen LogP contribution < -0.4 is 16.0 Å². The Labute approximate surface area is 196 Å². The van der Waals surface area contributed by atoms with Crippen LogP contribution in [0.4, 0.5) is 0 Å². The fourth-order valence-corrected chi connectivity index (χ4v) is 3.67. The summed E-state index contributed by atoms with van der Waals surface area (Å²) in [5, 5.41) is 10.1. The van der Waals surface area contributed by atoms with Gasteiger partial charge in [-0.05, 0) is 32.3 Å². The lowest BCUT2D eigenvalue weighted by Crippen LogP contribution is -2.59. The minimum absolute atomic E-state index is 0.104. The molecular weight excluding hydrogens is 456 g/mol. The molecule has 0 saturated heterocycles. The molecule has 2 rings (SSSR count). The van der Waals surface area contributed by atoms with E-state index in [0.29, 0.717) is 17.3 Å². The number of carbonyl (C=O) groups excluding carboxylic acids is 4. The number of fused-ring (bicyclic) bond motifs is 2. The summed E-state index contributed by atoms with van der Waals surface area (Å²) in [6.45, 7) is 6.73. The number of aromatic nitrogens is 1. The quantitative estimate of drug-likeness (QED) is 0.340. The average molecular weight is 485 g/mol. The second-order valence-electron chi connectivity index (χ2n) is 8.26. The molecular formula is C21H29ClN4O5S. The summed E-state index contributed by atoms with van der Waals surface area (Å²) in [5.74, 6) is -1.99. The number of ether oxygens (including phenoxy) is 1. The molecule has 2 bridgehead atoms. The number of rotatable bonds is 4. The van der Waals surface area contributed by atoms with E-state index in [4.69, 9.17) is 16.3 Å². The van der Waals surface area contributed by atoms with Gasteiger partial charge in [0.2, 0.25) is 11.8 Å². The zero-order chi connectivity index (χ0) is 23.9. The number of esters is 1. The van der Waals surface area contributed by atoms with Crippen LogP contribution in [0.25, 0.3) is 0 Å². The maximum Gasteiger partial charge on any atom is 0.329 e. The minimum atomic E-state index is -1.31. The Morgan fingerprint density at radius 3 is 2.69 bits per heavy atom. The topological polar surface area (TPSA) is 126 Å². The van der Waals surface area contributed by atoms with Crippen LogP contribution in [-0.4, -0.2) is 52.2 Å². The lowest BCUT2D eigenvalue weighted by molar-refractivity contribution is -0.153. The van der Waals surface area contributed by atoms with E-state index in [1.807, 2.05) is 0 Å². The zero-order valence-electron chi connectivity index (χ0n) is 18.6. The predicted molar refractivity (Wildman–Crippen MR) is 121 cm³/mol. The van der Waals surface area contributed by atoms with Gasteiger partial charge in [0.1, 0.15) is 28.4 Å². The Morgan fingerprint density at radius 2 is 2.03 bits per heavy atom. The number of hydrogen-bond acceptors (Lipinski definition) is 7. The third-order valence-corrected chi connectivity index (χ3v) is 5.77. The van der Waals surface area contributed by atoms with Crippen molar-refractivity contribution in [3.63, 3.8) is 0 Å². The van der Waals surface area contributed by atoms with Crippen LogP contribution in [0.15, 0.2) is 17.5 Å². The summed E-state index contributed by atoms with van der Waals surface area (Å²) < 4.78 is 5.56. The monoisotopic (exact) mass is 484 g/mol. The molecule has 32 heavy (non-hydrogen) atoms. The lowest BCUT2D eigenvalue weighted by atomic mass is 9.99. The maximum absolute atomic E-state index is 12.9. The Kier molecular flexibility index (Phi) is 9.21. The Morgan fingerprint density at radius 1 is 1.31 bits per heavy atom. The van der Waals surface area contributed by atoms with Crippen LogP contribution in [0.5, 0.6) is 0 Å². The standard InChI is InChI=1S/C21H29ClN4O5S/c1-12(2)17-19(29)31-13(7-5-6-8-22)9-15(27)23-10-16-24-14(11-32-16)18(28)26-21(3,4)20(30)25-17/h5,7,11-13,17H,6,8-10H2,1-4H3,(H,23,27)(H,25,30)(H,26,28)/b7-5+. The number of cyclic esters (lactones) is 1. The molecule has 0 aromatic carbocycles. The van der Waals surface area contributed by atoms with Gasteiger partial charge in [0.05, 0.1) is 13.0 Å². The van der Waals surface area contributed by atoms with Crippen molar-refractivity contribution in [2.75, 3.05) is 5.88 Å². The number of carbonyl (C=O) groups is 4. The lowest BCUT2D eigenvalue weighted by Gasteiger charge is -2.29. The first-order valence-electron chi connectivity index (χ1n) is 10.3.